The first-order chi connectivity index (χ1) is 15.0. The maximum Gasteiger partial charge on any atom is 0.115 e. The molecule has 2 nitrogen and oxygen atoms in total. The Morgan fingerprint density at radius 3 is 2.61 bits per heavy atom. The van der Waals surface area contributed by atoms with Gasteiger partial charge in [-0.2, -0.15) is 0 Å². The molecule has 2 N–H and O–H groups in total. The fraction of sp³-hybridized carbons (Fsp3) is 0.448. The Morgan fingerprint density at radius 1 is 0.903 bits per heavy atom. The zero-order chi connectivity index (χ0) is 21.2. The Labute approximate surface area is 184 Å². The van der Waals surface area contributed by atoms with Crippen molar-refractivity contribution in [1.82, 2.24) is 0 Å². The first-order valence-corrected chi connectivity index (χ1v) is 12.0. The second kappa shape index (κ2) is 6.84. The summed E-state index contributed by atoms with van der Waals surface area (Å²) in [5.74, 6) is 2.22. The molecule has 0 amide bonds. The molecule has 0 aromatic heterocycles. The summed E-state index contributed by atoms with van der Waals surface area (Å²) in [5.41, 5.74) is 3.42. The molecule has 2 heteroatoms. The van der Waals surface area contributed by atoms with Gasteiger partial charge in [0.1, 0.15) is 5.75 Å². The van der Waals surface area contributed by atoms with E-state index >= 15 is 0 Å². The van der Waals surface area contributed by atoms with Crippen LogP contribution in [-0.4, -0.2) is 15.8 Å². The summed E-state index contributed by atoms with van der Waals surface area (Å²) >= 11 is 0. The minimum atomic E-state index is -0.625. The third-order valence-corrected chi connectivity index (χ3v) is 9.34. The Balaban J connectivity index is 1.30. The van der Waals surface area contributed by atoms with Crippen LogP contribution in [0, 0.1) is 17.3 Å². The van der Waals surface area contributed by atoms with Crippen LogP contribution in [-0.2, 0) is 12.8 Å². The summed E-state index contributed by atoms with van der Waals surface area (Å²) in [6.45, 7) is 2.38. The van der Waals surface area contributed by atoms with Crippen molar-refractivity contribution >= 4 is 10.8 Å². The van der Waals surface area contributed by atoms with Crippen molar-refractivity contribution in [3.63, 3.8) is 0 Å². The van der Waals surface area contributed by atoms with Gasteiger partial charge in [-0.25, -0.2) is 0 Å². The molecule has 0 spiro atoms. The SMILES string of the molecule is C[C@]12CC[C@@H]3c4ccc(O)cc4CC[C@H]3[C@@H]1CC[C@@]2(O)Cc1ccc2ccccc2c1. The Bertz CT molecular complexity index is 1150. The van der Waals surface area contributed by atoms with Crippen molar-refractivity contribution in [2.75, 3.05) is 0 Å². The zero-order valence-corrected chi connectivity index (χ0v) is 18.3. The number of aliphatic hydroxyl groups is 1. The second-order valence-electron chi connectivity index (χ2n) is 10.7. The largest absolute Gasteiger partial charge is 0.508 e. The third kappa shape index (κ3) is 2.88. The van der Waals surface area contributed by atoms with Crippen LogP contribution < -0.4 is 0 Å². The summed E-state index contributed by atoms with van der Waals surface area (Å²) in [4.78, 5) is 0. The van der Waals surface area contributed by atoms with Crippen molar-refractivity contribution in [1.29, 1.82) is 0 Å². The molecule has 6 rings (SSSR count). The molecule has 0 saturated heterocycles. The summed E-state index contributed by atoms with van der Waals surface area (Å²) < 4.78 is 0. The van der Waals surface area contributed by atoms with Crippen LogP contribution >= 0.6 is 0 Å². The number of hydrogen-bond donors (Lipinski definition) is 2. The second-order valence-corrected chi connectivity index (χ2v) is 10.7. The van der Waals surface area contributed by atoms with Crippen LogP contribution in [0.4, 0.5) is 0 Å². The minimum absolute atomic E-state index is 0.0196. The molecule has 0 radical (unpaired) electrons. The molecule has 3 aromatic carbocycles. The highest BCUT2D eigenvalue weighted by molar-refractivity contribution is 5.83. The predicted molar refractivity (Wildman–Crippen MR) is 125 cm³/mol. The normalized spacial score (nSPS) is 34.2. The molecular formula is C29H32O2. The maximum atomic E-state index is 12.1. The van der Waals surface area contributed by atoms with Gasteiger partial charge in [0.25, 0.3) is 0 Å². The fourth-order valence-electron chi connectivity index (χ4n) is 7.66. The number of rotatable bonds is 2. The van der Waals surface area contributed by atoms with Crippen molar-refractivity contribution in [3.8, 4) is 5.75 Å². The molecule has 2 saturated carbocycles. The average Bonchev–Trinajstić information content (AvgIpc) is 3.04. The van der Waals surface area contributed by atoms with E-state index in [0.29, 0.717) is 23.5 Å². The molecule has 0 aliphatic heterocycles. The number of hydrogen-bond acceptors (Lipinski definition) is 2. The monoisotopic (exact) mass is 412 g/mol. The van der Waals surface area contributed by atoms with E-state index in [-0.39, 0.29) is 5.41 Å². The average molecular weight is 413 g/mol. The lowest BCUT2D eigenvalue weighted by atomic mass is 9.53. The smallest absolute Gasteiger partial charge is 0.115 e. The standard InChI is InChI=1S/C29H32O2/c1-28-14-12-25-24-11-9-23(30)17-22(24)8-10-26(25)27(28)13-15-29(28,31)18-19-6-7-20-4-2-3-5-21(20)16-19/h2-7,9,11,16-17,25-27,30-31H,8,10,12-15,18H2,1H3/t25-,26-,27+,28+,29-/m1/s1. The van der Waals surface area contributed by atoms with Crippen LogP contribution in [0.5, 0.6) is 5.75 Å². The van der Waals surface area contributed by atoms with E-state index < -0.39 is 5.60 Å². The van der Waals surface area contributed by atoms with E-state index in [9.17, 15) is 10.2 Å². The van der Waals surface area contributed by atoms with Gasteiger partial charge in [0.2, 0.25) is 0 Å². The highest BCUT2D eigenvalue weighted by Crippen LogP contribution is 2.64. The van der Waals surface area contributed by atoms with Crippen LogP contribution in [0.15, 0.2) is 60.7 Å². The van der Waals surface area contributed by atoms with E-state index in [0.717, 1.165) is 38.5 Å². The summed E-state index contributed by atoms with van der Waals surface area (Å²) in [6, 6.07) is 21.2. The van der Waals surface area contributed by atoms with Crippen LogP contribution in [0.1, 0.15) is 61.6 Å². The molecule has 3 aromatic rings. The number of phenols is 1. The number of fused-ring (bicyclic) bond motifs is 6. The van der Waals surface area contributed by atoms with Gasteiger partial charge in [0, 0.05) is 6.42 Å². The van der Waals surface area contributed by atoms with Gasteiger partial charge >= 0.3 is 0 Å². The lowest BCUT2D eigenvalue weighted by Crippen LogP contribution is -2.51. The van der Waals surface area contributed by atoms with Gasteiger partial charge in [-0.15, -0.1) is 0 Å². The zero-order valence-electron chi connectivity index (χ0n) is 18.3. The highest BCUT2D eigenvalue weighted by atomic mass is 16.3. The summed E-state index contributed by atoms with van der Waals surface area (Å²) in [5, 5.41) is 24.5. The Kier molecular flexibility index (Phi) is 4.27. The van der Waals surface area contributed by atoms with Gasteiger partial charge in [0.15, 0.2) is 0 Å². The van der Waals surface area contributed by atoms with Gasteiger partial charge in [-0.3, -0.25) is 0 Å². The molecule has 31 heavy (non-hydrogen) atoms. The first kappa shape index (κ1) is 19.4. The van der Waals surface area contributed by atoms with Gasteiger partial charge in [-0.1, -0.05) is 55.5 Å². The third-order valence-electron chi connectivity index (χ3n) is 9.34. The lowest BCUT2D eigenvalue weighted by molar-refractivity contribution is -0.102. The molecular weight excluding hydrogens is 380 g/mol. The minimum Gasteiger partial charge on any atom is -0.508 e. The van der Waals surface area contributed by atoms with E-state index in [1.165, 1.54) is 33.9 Å². The van der Waals surface area contributed by atoms with Crippen molar-refractivity contribution in [3.05, 3.63) is 77.4 Å². The number of aromatic hydroxyl groups is 1. The Morgan fingerprint density at radius 2 is 1.74 bits per heavy atom. The lowest BCUT2D eigenvalue weighted by Gasteiger charge is -2.53. The quantitative estimate of drug-likeness (QED) is 0.513. The predicted octanol–water partition coefficient (Wildman–Crippen LogP) is 6.38. The molecule has 0 heterocycles. The molecule has 0 bridgehead atoms. The van der Waals surface area contributed by atoms with E-state index in [1.807, 2.05) is 12.1 Å². The topological polar surface area (TPSA) is 40.5 Å². The maximum absolute atomic E-state index is 12.1. The number of aryl methyl sites for hydroxylation is 1. The molecule has 3 aliphatic rings. The highest BCUT2D eigenvalue weighted by Gasteiger charge is 2.61. The summed E-state index contributed by atoms with van der Waals surface area (Å²) in [6.07, 6.45) is 7.28. The number of phenolic OH excluding ortho intramolecular Hbond substituents is 1. The van der Waals surface area contributed by atoms with Crippen molar-refractivity contribution < 1.29 is 10.2 Å². The fourth-order valence-corrected chi connectivity index (χ4v) is 7.66. The number of benzene rings is 3. The molecule has 2 fully saturated rings. The van der Waals surface area contributed by atoms with Crippen LogP contribution in [0.3, 0.4) is 0 Å². The summed E-state index contributed by atoms with van der Waals surface area (Å²) in [7, 11) is 0. The van der Waals surface area contributed by atoms with Crippen LogP contribution in [0.2, 0.25) is 0 Å². The van der Waals surface area contributed by atoms with Crippen LogP contribution in [0.25, 0.3) is 10.8 Å². The van der Waals surface area contributed by atoms with Gasteiger partial charge in [-0.05, 0) is 101 Å². The Hall–Kier alpha value is -2.32. The molecule has 0 unspecified atom stereocenters. The van der Waals surface area contributed by atoms with Crippen molar-refractivity contribution in [2.45, 2.75) is 63.4 Å². The van der Waals surface area contributed by atoms with Crippen molar-refractivity contribution in [2.24, 2.45) is 17.3 Å². The van der Waals surface area contributed by atoms with E-state index in [2.05, 4.69) is 55.5 Å². The molecule has 5 atom stereocenters. The van der Waals surface area contributed by atoms with E-state index in [4.69, 9.17) is 0 Å². The van der Waals surface area contributed by atoms with Gasteiger partial charge in [0.05, 0.1) is 5.60 Å². The molecule has 3 aliphatic carbocycles. The van der Waals surface area contributed by atoms with Gasteiger partial charge < -0.3 is 10.2 Å². The first-order valence-electron chi connectivity index (χ1n) is 12.0. The van der Waals surface area contributed by atoms with E-state index in [1.54, 1.807) is 0 Å². The molecule has 160 valence electrons.